The van der Waals surface area contributed by atoms with Crippen LogP contribution in [0.15, 0.2) is 72.8 Å². The Balaban J connectivity index is 2.05. The Labute approximate surface area is 125 Å². The van der Waals surface area contributed by atoms with Crippen molar-refractivity contribution < 1.29 is 5.11 Å². The highest BCUT2D eigenvalue weighted by atomic mass is 16.3. The molecule has 0 heterocycles. The van der Waals surface area contributed by atoms with Crippen LogP contribution >= 0.6 is 0 Å². The number of rotatable bonds is 3. The van der Waals surface area contributed by atoms with Crippen molar-refractivity contribution in [2.45, 2.75) is 13.3 Å². The second kappa shape index (κ2) is 5.84. The average molecular weight is 274 g/mol. The summed E-state index contributed by atoms with van der Waals surface area (Å²) in [5.41, 5.74) is 6.20. The molecule has 3 rings (SSSR count). The molecule has 0 fully saturated rings. The lowest BCUT2D eigenvalue weighted by Crippen LogP contribution is -1.89. The Hall–Kier alpha value is -2.54. The second-order valence-corrected chi connectivity index (χ2v) is 5.14. The Bertz CT molecular complexity index is 728. The van der Waals surface area contributed by atoms with Gasteiger partial charge in [0.05, 0.1) is 0 Å². The maximum atomic E-state index is 9.40. The molecule has 0 spiro atoms. The summed E-state index contributed by atoms with van der Waals surface area (Å²) in [4.78, 5) is 0. The van der Waals surface area contributed by atoms with Crippen molar-refractivity contribution >= 4 is 0 Å². The quantitative estimate of drug-likeness (QED) is 0.688. The zero-order valence-electron chi connectivity index (χ0n) is 12.1. The Morgan fingerprint density at radius 1 is 0.714 bits per heavy atom. The van der Waals surface area contributed by atoms with Gasteiger partial charge in [0, 0.05) is 0 Å². The third kappa shape index (κ3) is 2.82. The molecule has 1 N–H and O–H groups in total. The van der Waals surface area contributed by atoms with Crippen molar-refractivity contribution in [2.75, 3.05) is 0 Å². The molecule has 0 aromatic heterocycles. The van der Waals surface area contributed by atoms with Crippen LogP contribution in [-0.4, -0.2) is 5.11 Å². The molecular weight excluding hydrogens is 256 g/mol. The van der Waals surface area contributed by atoms with E-state index >= 15 is 0 Å². The van der Waals surface area contributed by atoms with Crippen molar-refractivity contribution in [1.82, 2.24) is 0 Å². The molecular formula is C20H18O. The van der Waals surface area contributed by atoms with Gasteiger partial charge in [-0.15, -0.1) is 0 Å². The Morgan fingerprint density at radius 2 is 1.38 bits per heavy atom. The molecule has 0 radical (unpaired) electrons. The second-order valence-electron chi connectivity index (χ2n) is 5.14. The minimum atomic E-state index is 0.301. The van der Waals surface area contributed by atoms with Crippen molar-refractivity contribution in [3.63, 3.8) is 0 Å². The molecule has 3 aromatic rings. The van der Waals surface area contributed by atoms with E-state index in [9.17, 15) is 5.11 Å². The third-order valence-corrected chi connectivity index (χ3v) is 3.77. The number of phenols is 1. The summed E-state index contributed by atoms with van der Waals surface area (Å²) in [6.07, 6.45) is 0.996. The van der Waals surface area contributed by atoms with E-state index in [1.807, 2.05) is 18.2 Å². The predicted molar refractivity (Wildman–Crippen MR) is 88.4 cm³/mol. The lowest BCUT2D eigenvalue weighted by atomic mass is 9.94. The van der Waals surface area contributed by atoms with E-state index in [-0.39, 0.29) is 0 Å². The van der Waals surface area contributed by atoms with Gasteiger partial charge in [0.25, 0.3) is 0 Å². The van der Waals surface area contributed by atoms with Crippen LogP contribution in [0.1, 0.15) is 12.5 Å². The van der Waals surface area contributed by atoms with Gasteiger partial charge in [0.1, 0.15) is 5.75 Å². The van der Waals surface area contributed by atoms with Crippen LogP contribution in [0.3, 0.4) is 0 Å². The van der Waals surface area contributed by atoms with Crippen LogP contribution in [0.2, 0.25) is 0 Å². The first-order chi connectivity index (χ1) is 10.3. The van der Waals surface area contributed by atoms with Crippen LogP contribution in [-0.2, 0) is 6.42 Å². The fourth-order valence-electron chi connectivity index (χ4n) is 2.62. The topological polar surface area (TPSA) is 20.2 Å². The SMILES string of the molecule is CCc1cc(-c2ccc(O)cc2)ccc1-c1ccccc1. The molecule has 1 heteroatoms. The van der Waals surface area contributed by atoms with E-state index in [1.165, 1.54) is 22.3 Å². The molecule has 0 unspecified atom stereocenters. The van der Waals surface area contributed by atoms with Gasteiger partial charge in [0.15, 0.2) is 0 Å². The predicted octanol–water partition coefficient (Wildman–Crippen LogP) is 5.29. The van der Waals surface area contributed by atoms with Gasteiger partial charge in [-0.3, -0.25) is 0 Å². The maximum absolute atomic E-state index is 9.40. The van der Waals surface area contributed by atoms with Crippen LogP contribution in [0.4, 0.5) is 0 Å². The van der Waals surface area contributed by atoms with Gasteiger partial charge >= 0.3 is 0 Å². The molecule has 0 amide bonds. The number of benzene rings is 3. The number of aryl methyl sites for hydroxylation is 1. The smallest absolute Gasteiger partial charge is 0.115 e. The summed E-state index contributed by atoms with van der Waals surface area (Å²) in [7, 11) is 0. The van der Waals surface area contributed by atoms with E-state index in [0.29, 0.717) is 5.75 Å². The first kappa shape index (κ1) is 13.4. The van der Waals surface area contributed by atoms with Gasteiger partial charge in [0.2, 0.25) is 0 Å². The highest BCUT2D eigenvalue weighted by molar-refractivity contribution is 5.74. The van der Waals surface area contributed by atoms with Gasteiger partial charge < -0.3 is 5.11 Å². The molecule has 0 bridgehead atoms. The normalized spacial score (nSPS) is 10.5. The lowest BCUT2D eigenvalue weighted by Gasteiger charge is -2.11. The van der Waals surface area contributed by atoms with E-state index in [0.717, 1.165) is 12.0 Å². The Morgan fingerprint density at radius 3 is 2.05 bits per heavy atom. The van der Waals surface area contributed by atoms with Crippen molar-refractivity contribution in [3.8, 4) is 28.0 Å². The van der Waals surface area contributed by atoms with Crippen molar-refractivity contribution in [2.24, 2.45) is 0 Å². The highest BCUT2D eigenvalue weighted by Crippen LogP contribution is 2.30. The summed E-state index contributed by atoms with van der Waals surface area (Å²) in [5.74, 6) is 0.301. The van der Waals surface area contributed by atoms with Crippen LogP contribution < -0.4 is 0 Å². The lowest BCUT2D eigenvalue weighted by molar-refractivity contribution is 0.475. The standard InChI is InChI=1S/C20H18O/c1-2-15-14-18(16-8-11-19(21)12-9-16)10-13-20(15)17-6-4-3-5-7-17/h3-14,21H,2H2,1H3. The molecule has 21 heavy (non-hydrogen) atoms. The highest BCUT2D eigenvalue weighted by Gasteiger charge is 2.06. The summed E-state index contributed by atoms with van der Waals surface area (Å²) >= 11 is 0. The maximum Gasteiger partial charge on any atom is 0.115 e. The first-order valence-electron chi connectivity index (χ1n) is 7.25. The fourth-order valence-corrected chi connectivity index (χ4v) is 2.62. The Kier molecular flexibility index (Phi) is 3.74. The first-order valence-corrected chi connectivity index (χ1v) is 7.25. The van der Waals surface area contributed by atoms with Crippen LogP contribution in [0.5, 0.6) is 5.75 Å². The number of hydrogen-bond acceptors (Lipinski definition) is 1. The van der Waals surface area contributed by atoms with E-state index in [1.54, 1.807) is 12.1 Å². The van der Waals surface area contributed by atoms with Crippen LogP contribution in [0.25, 0.3) is 22.3 Å². The molecule has 0 aliphatic carbocycles. The number of hydrogen-bond donors (Lipinski definition) is 1. The minimum absolute atomic E-state index is 0.301. The largest absolute Gasteiger partial charge is 0.508 e. The number of aromatic hydroxyl groups is 1. The van der Waals surface area contributed by atoms with E-state index in [2.05, 4.69) is 49.4 Å². The monoisotopic (exact) mass is 274 g/mol. The molecule has 0 saturated carbocycles. The average Bonchev–Trinajstić information content (AvgIpc) is 2.56. The summed E-state index contributed by atoms with van der Waals surface area (Å²) in [6.45, 7) is 2.18. The molecule has 1 nitrogen and oxygen atoms in total. The molecule has 0 aliphatic heterocycles. The zero-order valence-corrected chi connectivity index (χ0v) is 12.1. The van der Waals surface area contributed by atoms with E-state index < -0.39 is 0 Å². The summed E-state index contributed by atoms with van der Waals surface area (Å²) < 4.78 is 0. The molecule has 0 atom stereocenters. The zero-order chi connectivity index (χ0) is 14.7. The minimum Gasteiger partial charge on any atom is -0.508 e. The summed E-state index contributed by atoms with van der Waals surface area (Å²) in [6, 6.07) is 24.4. The molecule has 104 valence electrons. The van der Waals surface area contributed by atoms with Crippen molar-refractivity contribution in [3.05, 3.63) is 78.4 Å². The molecule has 0 saturated heterocycles. The van der Waals surface area contributed by atoms with Gasteiger partial charge in [-0.05, 0) is 46.4 Å². The van der Waals surface area contributed by atoms with Gasteiger partial charge in [-0.2, -0.15) is 0 Å². The molecule has 3 aromatic carbocycles. The fraction of sp³-hybridized carbons (Fsp3) is 0.100. The van der Waals surface area contributed by atoms with Gasteiger partial charge in [-0.25, -0.2) is 0 Å². The van der Waals surface area contributed by atoms with E-state index in [4.69, 9.17) is 0 Å². The summed E-state index contributed by atoms with van der Waals surface area (Å²) in [5, 5.41) is 9.40. The van der Waals surface area contributed by atoms with Crippen LogP contribution in [0, 0.1) is 0 Å². The molecule has 0 aliphatic rings. The number of phenolic OH excluding ortho intramolecular Hbond substituents is 1. The van der Waals surface area contributed by atoms with Gasteiger partial charge in [-0.1, -0.05) is 67.6 Å². The third-order valence-electron chi connectivity index (χ3n) is 3.77. The van der Waals surface area contributed by atoms with Crippen molar-refractivity contribution in [1.29, 1.82) is 0 Å².